The third kappa shape index (κ3) is 3.77. The first kappa shape index (κ1) is 12.4. The summed E-state index contributed by atoms with van der Waals surface area (Å²) in [6.45, 7) is 8.17. The quantitative estimate of drug-likeness (QED) is 0.666. The fourth-order valence-electron chi connectivity index (χ4n) is 1.21. The largest absolute Gasteiger partial charge is 0.468 e. The molecule has 0 aromatic heterocycles. The number of carbonyl (C=O) groups is 1. The number of hydrogen-bond donors (Lipinski definition) is 1. The average Bonchev–Trinajstić information content (AvgIpc) is 2.16. The first-order valence-electron chi connectivity index (χ1n) is 4.84. The van der Waals surface area contributed by atoms with Crippen LogP contribution in [0.25, 0.3) is 0 Å². The van der Waals surface area contributed by atoms with Gasteiger partial charge in [-0.2, -0.15) is 0 Å². The van der Waals surface area contributed by atoms with E-state index in [1.54, 1.807) is 0 Å². The van der Waals surface area contributed by atoms with Crippen molar-refractivity contribution in [1.82, 2.24) is 5.32 Å². The second-order valence-corrected chi connectivity index (χ2v) is 3.66. The van der Waals surface area contributed by atoms with Crippen molar-refractivity contribution in [2.75, 3.05) is 7.11 Å². The standard InChI is InChI=1S/C10H21NO2/c1-6-10(4,7-2)11-8(3)9(12)13-5/h8,11H,6-7H2,1-5H3. The van der Waals surface area contributed by atoms with Gasteiger partial charge < -0.3 is 4.74 Å². The number of methoxy groups -OCH3 is 1. The molecule has 0 saturated carbocycles. The van der Waals surface area contributed by atoms with Crippen LogP contribution in [-0.4, -0.2) is 24.7 Å². The summed E-state index contributed by atoms with van der Waals surface area (Å²) in [5, 5.41) is 3.27. The number of nitrogens with one attached hydrogen (secondary N) is 1. The van der Waals surface area contributed by atoms with E-state index in [4.69, 9.17) is 0 Å². The van der Waals surface area contributed by atoms with Crippen LogP contribution in [-0.2, 0) is 9.53 Å². The van der Waals surface area contributed by atoms with Gasteiger partial charge in [0.15, 0.2) is 0 Å². The summed E-state index contributed by atoms with van der Waals surface area (Å²) in [5.74, 6) is -0.201. The van der Waals surface area contributed by atoms with E-state index in [1.165, 1.54) is 7.11 Å². The Kier molecular flexibility index (Phi) is 4.99. The predicted molar refractivity (Wildman–Crippen MR) is 53.6 cm³/mol. The number of rotatable bonds is 5. The summed E-state index contributed by atoms with van der Waals surface area (Å²) >= 11 is 0. The molecular weight excluding hydrogens is 166 g/mol. The van der Waals surface area contributed by atoms with Crippen molar-refractivity contribution in [1.29, 1.82) is 0 Å². The molecule has 0 fully saturated rings. The monoisotopic (exact) mass is 187 g/mol. The van der Waals surface area contributed by atoms with Gasteiger partial charge in [0.25, 0.3) is 0 Å². The minimum absolute atomic E-state index is 0.0353. The molecule has 0 aliphatic heterocycles. The third-order valence-electron chi connectivity index (χ3n) is 2.68. The van der Waals surface area contributed by atoms with E-state index in [0.717, 1.165) is 12.8 Å². The van der Waals surface area contributed by atoms with Crippen molar-refractivity contribution >= 4 is 5.97 Å². The molecule has 0 aliphatic carbocycles. The van der Waals surface area contributed by atoms with Crippen LogP contribution >= 0.6 is 0 Å². The summed E-state index contributed by atoms with van der Waals surface area (Å²) in [7, 11) is 1.41. The number of hydrogen-bond acceptors (Lipinski definition) is 3. The second kappa shape index (κ2) is 5.22. The summed E-state index contributed by atoms with van der Waals surface area (Å²) in [6, 6.07) is -0.227. The highest BCUT2D eigenvalue weighted by Gasteiger charge is 2.24. The van der Waals surface area contributed by atoms with Crippen molar-refractivity contribution < 1.29 is 9.53 Å². The van der Waals surface area contributed by atoms with Crippen LogP contribution in [0.15, 0.2) is 0 Å². The van der Waals surface area contributed by atoms with E-state index in [1.807, 2.05) is 6.92 Å². The fourth-order valence-corrected chi connectivity index (χ4v) is 1.21. The Hall–Kier alpha value is -0.570. The molecule has 0 radical (unpaired) electrons. The first-order chi connectivity index (χ1) is 5.99. The zero-order valence-corrected chi connectivity index (χ0v) is 9.31. The van der Waals surface area contributed by atoms with E-state index >= 15 is 0 Å². The van der Waals surface area contributed by atoms with Gasteiger partial charge in [0, 0.05) is 5.54 Å². The summed E-state index contributed by atoms with van der Waals surface area (Å²) in [6.07, 6.45) is 2.01. The topological polar surface area (TPSA) is 38.3 Å². The molecular formula is C10H21NO2. The van der Waals surface area contributed by atoms with Gasteiger partial charge in [-0.05, 0) is 26.7 Å². The molecule has 0 rings (SSSR count). The maximum atomic E-state index is 11.1. The second-order valence-electron chi connectivity index (χ2n) is 3.66. The maximum absolute atomic E-state index is 11.1. The molecule has 1 atom stereocenters. The van der Waals surface area contributed by atoms with E-state index < -0.39 is 0 Å². The highest BCUT2D eigenvalue weighted by atomic mass is 16.5. The van der Waals surface area contributed by atoms with Gasteiger partial charge in [-0.25, -0.2) is 0 Å². The van der Waals surface area contributed by atoms with Crippen LogP contribution in [0.2, 0.25) is 0 Å². The normalized spacial score (nSPS) is 13.9. The molecule has 0 aromatic rings. The van der Waals surface area contributed by atoms with Gasteiger partial charge in [-0.3, -0.25) is 10.1 Å². The molecule has 78 valence electrons. The lowest BCUT2D eigenvalue weighted by molar-refractivity contribution is -0.143. The van der Waals surface area contributed by atoms with Crippen molar-refractivity contribution in [2.24, 2.45) is 0 Å². The van der Waals surface area contributed by atoms with Gasteiger partial charge >= 0.3 is 5.97 Å². The lowest BCUT2D eigenvalue weighted by atomic mass is 9.94. The number of esters is 1. The Balaban J connectivity index is 4.16. The van der Waals surface area contributed by atoms with Crippen molar-refractivity contribution in [3.63, 3.8) is 0 Å². The van der Waals surface area contributed by atoms with Gasteiger partial charge in [-0.15, -0.1) is 0 Å². The lowest BCUT2D eigenvalue weighted by Crippen LogP contribution is -2.49. The van der Waals surface area contributed by atoms with Crippen molar-refractivity contribution in [2.45, 2.75) is 52.1 Å². The Morgan fingerprint density at radius 3 is 2.23 bits per heavy atom. The van der Waals surface area contributed by atoms with Crippen LogP contribution in [0.1, 0.15) is 40.5 Å². The highest BCUT2D eigenvalue weighted by molar-refractivity contribution is 5.75. The fraction of sp³-hybridized carbons (Fsp3) is 0.900. The molecule has 0 aromatic carbocycles. The van der Waals surface area contributed by atoms with Crippen LogP contribution in [0, 0.1) is 0 Å². The summed E-state index contributed by atoms with van der Waals surface area (Å²) in [4.78, 5) is 11.1. The molecule has 3 heteroatoms. The molecule has 0 bridgehead atoms. The minimum Gasteiger partial charge on any atom is -0.468 e. The minimum atomic E-state index is -0.227. The van der Waals surface area contributed by atoms with Crippen LogP contribution in [0.5, 0.6) is 0 Å². The number of carbonyl (C=O) groups excluding carboxylic acids is 1. The number of ether oxygens (including phenoxy) is 1. The third-order valence-corrected chi connectivity index (χ3v) is 2.68. The molecule has 0 heterocycles. The Morgan fingerprint density at radius 1 is 1.46 bits per heavy atom. The Bertz CT molecular complexity index is 164. The Labute approximate surface area is 80.8 Å². The van der Waals surface area contributed by atoms with E-state index in [2.05, 4.69) is 30.8 Å². The molecule has 0 spiro atoms. The van der Waals surface area contributed by atoms with Crippen LogP contribution in [0.4, 0.5) is 0 Å². The first-order valence-corrected chi connectivity index (χ1v) is 4.84. The molecule has 13 heavy (non-hydrogen) atoms. The van der Waals surface area contributed by atoms with E-state index in [9.17, 15) is 4.79 Å². The van der Waals surface area contributed by atoms with E-state index in [-0.39, 0.29) is 17.6 Å². The molecule has 0 amide bonds. The van der Waals surface area contributed by atoms with Crippen molar-refractivity contribution in [3.8, 4) is 0 Å². The van der Waals surface area contributed by atoms with Crippen molar-refractivity contribution in [3.05, 3.63) is 0 Å². The smallest absolute Gasteiger partial charge is 0.322 e. The summed E-state index contributed by atoms with van der Waals surface area (Å²) < 4.78 is 4.65. The summed E-state index contributed by atoms with van der Waals surface area (Å²) in [5.41, 5.74) is 0.0353. The maximum Gasteiger partial charge on any atom is 0.322 e. The van der Waals surface area contributed by atoms with Crippen LogP contribution in [0.3, 0.4) is 0 Å². The molecule has 1 unspecified atom stereocenters. The van der Waals surface area contributed by atoms with Gasteiger partial charge in [0.1, 0.15) is 6.04 Å². The zero-order chi connectivity index (χ0) is 10.5. The Morgan fingerprint density at radius 2 is 1.92 bits per heavy atom. The molecule has 1 N–H and O–H groups in total. The molecule has 0 saturated heterocycles. The zero-order valence-electron chi connectivity index (χ0n) is 9.31. The lowest BCUT2D eigenvalue weighted by Gasteiger charge is -2.30. The predicted octanol–water partition coefficient (Wildman–Crippen LogP) is 1.72. The van der Waals surface area contributed by atoms with Crippen LogP contribution < -0.4 is 5.32 Å². The molecule has 3 nitrogen and oxygen atoms in total. The van der Waals surface area contributed by atoms with Gasteiger partial charge in [0.05, 0.1) is 7.11 Å². The van der Waals surface area contributed by atoms with Gasteiger partial charge in [0.2, 0.25) is 0 Å². The van der Waals surface area contributed by atoms with E-state index in [0.29, 0.717) is 0 Å². The van der Waals surface area contributed by atoms with Gasteiger partial charge in [-0.1, -0.05) is 13.8 Å². The molecule has 0 aliphatic rings. The highest BCUT2D eigenvalue weighted by Crippen LogP contribution is 2.14. The SMILES string of the molecule is CCC(C)(CC)NC(C)C(=O)OC. The average molecular weight is 187 g/mol.